The molecule has 0 aliphatic rings. The zero-order valence-electron chi connectivity index (χ0n) is 20.0. The third kappa shape index (κ3) is 5.67. The van der Waals surface area contributed by atoms with Crippen molar-refractivity contribution in [3.05, 3.63) is 41.3 Å². The molecule has 0 radical (unpaired) electrons. The van der Waals surface area contributed by atoms with Crippen LogP contribution in [0.25, 0.3) is 22.4 Å². The lowest BCUT2D eigenvalue weighted by atomic mass is 9.99. The molecular weight excluding hydrogens is 452 g/mol. The molecule has 9 heteroatoms. The molecule has 3 aromatic rings. The molecule has 5 N–H and O–H groups in total. The topological polar surface area (TPSA) is 122 Å². The third-order valence-corrected chi connectivity index (χ3v) is 6.21. The molecule has 0 saturated heterocycles. The molecule has 1 atom stereocenters. The molecule has 0 unspecified atom stereocenters. The minimum Gasteiger partial charge on any atom is -0.495 e. The van der Waals surface area contributed by atoms with Gasteiger partial charge in [-0.2, -0.15) is 4.37 Å². The zero-order chi connectivity index (χ0) is 24.7. The Bertz CT molecular complexity index is 1130. The molecule has 0 fully saturated rings. The van der Waals surface area contributed by atoms with E-state index in [0.29, 0.717) is 35.9 Å². The molecule has 3 rings (SSSR count). The van der Waals surface area contributed by atoms with Gasteiger partial charge in [-0.25, -0.2) is 0 Å². The van der Waals surface area contributed by atoms with Crippen molar-refractivity contribution in [3.8, 4) is 39.6 Å². The lowest BCUT2D eigenvalue weighted by molar-refractivity contribution is -0.117. The Morgan fingerprint density at radius 2 is 1.82 bits per heavy atom. The number of nitrogens with zero attached hydrogens (tertiary/aromatic N) is 1. The maximum atomic E-state index is 12.7. The molecule has 1 amide bonds. The number of carbonyl (C=O) groups is 1. The highest BCUT2D eigenvalue weighted by atomic mass is 32.1. The van der Waals surface area contributed by atoms with Gasteiger partial charge >= 0.3 is 0 Å². The second-order valence-electron chi connectivity index (χ2n) is 7.90. The number of methoxy groups -OCH3 is 3. The van der Waals surface area contributed by atoms with E-state index >= 15 is 0 Å². The van der Waals surface area contributed by atoms with Crippen LogP contribution in [0.5, 0.6) is 17.2 Å². The van der Waals surface area contributed by atoms with E-state index < -0.39 is 6.04 Å². The van der Waals surface area contributed by atoms with Crippen molar-refractivity contribution in [2.45, 2.75) is 32.2 Å². The number of benzene rings is 2. The number of hydrogen-bond donors (Lipinski definition) is 3. The summed E-state index contributed by atoms with van der Waals surface area (Å²) in [5.74, 6) is 1.63. The van der Waals surface area contributed by atoms with Crippen LogP contribution in [0, 0.1) is 6.92 Å². The van der Waals surface area contributed by atoms with Crippen molar-refractivity contribution < 1.29 is 19.0 Å². The Morgan fingerprint density at radius 3 is 2.50 bits per heavy atom. The van der Waals surface area contributed by atoms with Gasteiger partial charge in [-0.15, -0.1) is 0 Å². The van der Waals surface area contributed by atoms with Crippen molar-refractivity contribution in [3.63, 3.8) is 0 Å². The van der Waals surface area contributed by atoms with Crippen LogP contribution in [-0.4, -0.2) is 44.2 Å². The van der Waals surface area contributed by atoms with Gasteiger partial charge in [0.1, 0.15) is 5.75 Å². The van der Waals surface area contributed by atoms with Crippen LogP contribution in [-0.2, 0) is 4.79 Å². The van der Waals surface area contributed by atoms with Gasteiger partial charge in [-0.1, -0.05) is 12.5 Å². The van der Waals surface area contributed by atoms with E-state index in [4.69, 9.17) is 25.7 Å². The van der Waals surface area contributed by atoms with E-state index in [1.807, 2.05) is 42.6 Å². The molecule has 0 aliphatic carbocycles. The van der Waals surface area contributed by atoms with Crippen molar-refractivity contribution in [2.24, 2.45) is 11.5 Å². The number of aromatic nitrogens is 1. The molecule has 0 aliphatic heterocycles. The van der Waals surface area contributed by atoms with Gasteiger partial charge in [0.15, 0.2) is 11.5 Å². The van der Waals surface area contributed by atoms with E-state index in [9.17, 15) is 4.79 Å². The predicted octanol–water partition coefficient (Wildman–Crippen LogP) is 4.21. The number of anilines is 1. The Labute approximate surface area is 204 Å². The molecular formula is C25H32N4O4S. The average molecular weight is 485 g/mol. The molecule has 34 heavy (non-hydrogen) atoms. The number of ether oxygens (including phenoxy) is 3. The zero-order valence-corrected chi connectivity index (χ0v) is 20.8. The van der Waals surface area contributed by atoms with E-state index in [1.165, 1.54) is 11.5 Å². The number of carbonyl (C=O) groups excluding carboxylic acids is 1. The summed E-state index contributed by atoms with van der Waals surface area (Å²) in [5.41, 5.74) is 16.7. The molecule has 0 spiro atoms. The number of hydrogen-bond acceptors (Lipinski definition) is 8. The van der Waals surface area contributed by atoms with Gasteiger partial charge < -0.3 is 31.0 Å². The quantitative estimate of drug-likeness (QED) is 0.349. The Hall–Kier alpha value is -3.14. The lowest BCUT2D eigenvalue weighted by Crippen LogP contribution is -2.35. The van der Waals surface area contributed by atoms with Crippen molar-refractivity contribution in [2.75, 3.05) is 33.2 Å². The normalized spacial score (nSPS) is 11.7. The first-order valence-electron chi connectivity index (χ1n) is 11.1. The summed E-state index contributed by atoms with van der Waals surface area (Å²) in [6.45, 7) is 2.55. The maximum Gasteiger partial charge on any atom is 0.241 e. The number of unbranched alkanes of at least 4 members (excludes halogenated alkanes) is 1. The number of aryl methyl sites for hydroxylation is 1. The van der Waals surface area contributed by atoms with Crippen LogP contribution in [0.15, 0.2) is 35.7 Å². The molecule has 182 valence electrons. The number of amides is 1. The second-order valence-corrected chi connectivity index (χ2v) is 8.53. The second kappa shape index (κ2) is 11.8. The SMILES string of the molecule is COc1ccc(-c2csnc2-c2cc(C)c(OC)c(OC)c2)cc1NC(=O)[C@H](N)CCCCN. The summed E-state index contributed by atoms with van der Waals surface area (Å²) in [5, 5.41) is 4.90. The fourth-order valence-electron chi connectivity index (χ4n) is 3.78. The smallest absolute Gasteiger partial charge is 0.241 e. The summed E-state index contributed by atoms with van der Waals surface area (Å²) in [7, 11) is 4.80. The summed E-state index contributed by atoms with van der Waals surface area (Å²) in [4.78, 5) is 12.7. The summed E-state index contributed by atoms with van der Waals surface area (Å²) >= 11 is 1.36. The van der Waals surface area contributed by atoms with Gasteiger partial charge in [0.25, 0.3) is 0 Å². The van der Waals surface area contributed by atoms with Crippen LogP contribution in [0.3, 0.4) is 0 Å². The molecule has 8 nitrogen and oxygen atoms in total. The molecule has 2 aromatic carbocycles. The number of rotatable bonds is 11. The Morgan fingerprint density at radius 1 is 1.06 bits per heavy atom. The molecule has 1 aromatic heterocycles. The lowest BCUT2D eigenvalue weighted by Gasteiger charge is -2.16. The van der Waals surface area contributed by atoms with Crippen LogP contribution in [0.2, 0.25) is 0 Å². The highest BCUT2D eigenvalue weighted by Gasteiger charge is 2.19. The fourth-order valence-corrected chi connectivity index (χ4v) is 4.49. The number of nitrogens with one attached hydrogen (secondary N) is 1. The van der Waals surface area contributed by atoms with Crippen LogP contribution >= 0.6 is 11.5 Å². The average Bonchev–Trinajstić information content (AvgIpc) is 3.33. The van der Waals surface area contributed by atoms with Crippen molar-refractivity contribution >= 4 is 23.1 Å². The summed E-state index contributed by atoms with van der Waals surface area (Å²) in [6, 6.07) is 8.96. The maximum absolute atomic E-state index is 12.7. The van der Waals surface area contributed by atoms with Gasteiger partial charge in [0.05, 0.1) is 38.8 Å². The van der Waals surface area contributed by atoms with Gasteiger partial charge in [0.2, 0.25) is 5.91 Å². The summed E-state index contributed by atoms with van der Waals surface area (Å²) < 4.78 is 21.1. The van der Waals surface area contributed by atoms with E-state index in [0.717, 1.165) is 40.8 Å². The van der Waals surface area contributed by atoms with Gasteiger partial charge in [-0.05, 0) is 73.2 Å². The first-order chi connectivity index (χ1) is 16.4. The third-order valence-electron chi connectivity index (χ3n) is 5.58. The van der Waals surface area contributed by atoms with Crippen LogP contribution < -0.4 is 31.0 Å². The minimum absolute atomic E-state index is 0.258. The molecule has 1 heterocycles. The standard InChI is InChI=1S/C25H32N4O4S/c1-15-11-17(13-22(32-3)24(15)33-4)23-18(14-34-29-23)16-8-9-21(31-2)20(12-16)28-25(30)19(27)7-5-6-10-26/h8-9,11-14,19H,5-7,10,26-27H2,1-4H3,(H,28,30)/t19-/m1/s1. The Kier molecular flexibility index (Phi) is 8.86. The highest BCUT2D eigenvalue weighted by Crippen LogP contribution is 2.41. The Balaban J connectivity index is 1.94. The number of nitrogens with two attached hydrogens (primary N) is 2. The first-order valence-corrected chi connectivity index (χ1v) is 11.9. The van der Waals surface area contributed by atoms with E-state index in [2.05, 4.69) is 9.69 Å². The van der Waals surface area contributed by atoms with Gasteiger partial charge in [0, 0.05) is 16.5 Å². The minimum atomic E-state index is -0.618. The summed E-state index contributed by atoms with van der Waals surface area (Å²) in [6.07, 6.45) is 2.21. The first kappa shape index (κ1) is 25.5. The van der Waals surface area contributed by atoms with Crippen LogP contribution in [0.4, 0.5) is 5.69 Å². The monoisotopic (exact) mass is 484 g/mol. The van der Waals surface area contributed by atoms with Gasteiger partial charge in [-0.3, -0.25) is 4.79 Å². The molecule has 0 bridgehead atoms. The van der Waals surface area contributed by atoms with E-state index in [1.54, 1.807) is 21.3 Å². The highest BCUT2D eigenvalue weighted by molar-refractivity contribution is 7.04. The van der Waals surface area contributed by atoms with Crippen molar-refractivity contribution in [1.29, 1.82) is 0 Å². The molecule has 0 saturated carbocycles. The van der Waals surface area contributed by atoms with Crippen LogP contribution in [0.1, 0.15) is 24.8 Å². The van der Waals surface area contributed by atoms with Crippen molar-refractivity contribution in [1.82, 2.24) is 4.37 Å². The predicted molar refractivity (Wildman–Crippen MR) is 137 cm³/mol. The largest absolute Gasteiger partial charge is 0.495 e. The van der Waals surface area contributed by atoms with E-state index in [-0.39, 0.29) is 5.91 Å². The fraction of sp³-hybridized carbons (Fsp3) is 0.360.